The SMILES string of the molecule is COc1ccc(CN2CCCN(C(=O)CCCc3nc(C(C)(C)C)no3)CC2)cc1. The first-order valence-corrected chi connectivity index (χ1v) is 10.8. The van der Waals surface area contributed by atoms with Crippen LogP contribution in [0.3, 0.4) is 0 Å². The molecular formula is C23H34N4O3. The Morgan fingerprint density at radius 1 is 1.13 bits per heavy atom. The van der Waals surface area contributed by atoms with E-state index >= 15 is 0 Å². The molecule has 1 aromatic heterocycles. The molecule has 0 spiro atoms. The van der Waals surface area contributed by atoms with Crippen molar-refractivity contribution in [3.63, 3.8) is 0 Å². The fourth-order valence-corrected chi connectivity index (χ4v) is 3.58. The van der Waals surface area contributed by atoms with Crippen LogP contribution in [-0.4, -0.2) is 59.1 Å². The molecule has 1 aliphatic rings. The Balaban J connectivity index is 1.42. The minimum absolute atomic E-state index is 0.124. The molecule has 2 heterocycles. The van der Waals surface area contributed by atoms with Gasteiger partial charge in [-0.2, -0.15) is 4.98 Å². The van der Waals surface area contributed by atoms with Gasteiger partial charge in [0.25, 0.3) is 0 Å². The van der Waals surface area contributed by atoms with E-state index in [0.717, 1.165) is 51.3 Å². The second-order valence-electron chi connectivity index (χ2n) is 8.97. The molecule has 0 atom stereocenters. The van der Waals surface area contributed by atoms with Crippen molar-refractivity contribution < 1.29 is 14.1 Å². The average Bonchev–Trinajstić information content (AvgIpc) is 3.08. The predicted octanol–water partition coefficient (Wildman–Crippen LogP) is 3.43. The summed E-state index contributed by atoms with van der Waals surface area (Å²) in [7, 11) is 1.68. The molecule has 1 fully saturated rings. The number of hydrogen-bond donors (Lipinski definition) is 0. The number of rotatable bonds is 7. The van der Waals surface area contributed by atoms with Crippen molar-refractivity contribution in [2.24, 2.45) is 0 Å². The van der Waals surface area contributed by atoms with Gasteiger partial charge in [-0.3, -0.25) is 9.69 Å². The molecule has 0 N–H and O–H groups in total. The lowest BCUT2D eigenvalue weighted by atomic mass is 9.96. The third kappa shape index (κ3) is 6.29. The summed E-state index contributed by atoms with van der Waals surface area (Å²) in [5.74, 6) is 2.43. The monoisotopic (exact) mass is 414 g/mol. The van der Waals surface area contributed by atoms with E-state index in [1.165, 1.54) is 5.56 Å². The molecule has 164 valence electrons. The topological polar surface area (TPSA) is 71.7 Å². The smallest absolute Gasteiger partial charge is 0.226 e. The summed E-state index contributed by atoms with van der Waals surface area (Å²) in [6.07, 6.45) is 2.90. The number of aromatic nitrogens is 2. The van der Waals surface area contributed by atoms with Crippen LogP contribution in [-0.2, 0) is 23.2 Å². The van der Waals surface area contributed by atoms with E-state index in [2.05, 4.69) is 47.9 Å². The number of hydrogen-bond acceptors (Lipinski definition) is 6. The summed E-state index contributed by atoms with van der Waals surface area (Å²) >= 11 is 0. The van der Waals surface area contributed by atoms with Crippen LogP contribution in [0.15, 0.2) is 28.8 Å². The second kappa shape index (κ2) is 10.1. The number of aryl methyl sites for hydroxylation is 1. The van der Waals surface area contributed by atoms with Crippen molar-refractivity contribution in [2.45, 2.75) is 58.4 Å². The molecule has 7 nitrogen and oxygen atoms in total. The van der Waals surface area contributed by atoms with E-state index in [0.29, 0.717) is 24.6 Å². The fraction of sp³-hybridized carbons (Fsp3) is 0.609. The van der Waals surface area contributed by atoms with E-state index in [4.69, 9.17) is 9.26 Å². The van der Waals surface area contributed by atoms with Gasteiger partial charge in [0.1, 0.15) is 5.75 Å². The van der Waals surface area contributed by atoms with Gasteiger partial charge < -0.3 is 14.2 Å². The Bertz CT molecular complexity index is 811. The predicted molar refractivity (Wildman–Crippen MR) is 115 cm³/mol. The first-order chi connectivity index (χ1) is 14.3. The van der Waals surface area contributed by atoms with E-state index in [1.807, 2.05) is 17.0 Å². The normalized spacial score (nSPS) is 15.8. The first kappa shape index (κ1) is 22.3. The van der Waals surface area contributed by atoms with Crippen molar-refractivity contribution in [2.75, 3.05) is 33.3 Å². The van der Waals surface area contributed by atoms with Crippen LogP contribution < -0.4 is 4.74 Å². The Morgan fingerprint density at radius 2 is 1.90 bits per heavy atom. The maximum absolute atomic E-state index is 12.7. The van der Waals surface area contributed by atoms with E-state index < -0.39 is 0 Å². The van der Waals surface area contributed by atoms with Crippen LogP contribution in [0.2, 0.25) is 0 Å². The lowest BCUT2D eigenvalue weighted by Gasteiger charge is -2.22. The molecule has 30 heavy (non-hydrogen) atoms. The number of ether oxygens (including phenoxy) is 1. The Morgan fingerprint density at radius 3 is 2.57 bits per heavy atom. The van der Waals surface area contributed by atoms with E-state index in [1.54, 1.807) is 7.11 Å². The molecule has 3 rings (SSSR count). The van der Waals surface area contributed by atoms with Gasteiger partial charge in [0.2, 0.25) is 11.8 Å². The molecule has 0 saturated carbocycles. The van der Waals surface area contributed by atoms with Gasteiger partial charge in [-0.25, -0.2) is 0 Å². The van der Waals surface area contributed by atoms with Gasteiger partial charge in [-0.1, -0.05) is 38.1 Å². The summed E-state index contributed by atoms with van der Waals surface area (Å²) in [5.41, 5.74) is 1.14. The zero-order valence-electron chi connectivity index (χ0n) is 18.7. The van der Waals surface area contributed by atoms with Crippen LogP contribution in [0.4, 0.5) is 0 Å². The molecule has 0 aliphatic carbocycles. The highest BCUT2D eigenvalue weighted by molar-refractivity contribution is 5.76. The van der Waals surface area contributed by atoms with Gasteiger partial charge in [0.15, 0.2) is 5.82 Å². The Labute approximate surface area is 179 Å². The number of methoxy groups -OCH3 is 1. The first-order valence-electron chi connectivity index (χ1n) is 10.8. The quantitative estimate of drug-likeness (QED) is 0.691. The molecule has 1 aromatic carbocycles. The Hall–Kier alpha value is -2.41. The number of amides is 1. The standard InChI is InChI=1S/C23H34N4O3/c1-23(2,3)22-24-20(30-25-22)7-5-8-21(28)27-14-6-13-26(15-16-27)17-18-9-11-19(29-4)12-10-18/h9-12H,5-8,13-17H2,1-4H3. The summed E-state index contributed by atoms with van der Waals surface area (Å²) < 4.78 is 10.5. The fourth-order valence-electron chi connectivity index (χ4n) is 3.58. The molecule has 0 bridgehead atoms. The van der Waals surface area contributed by atoms with Gasteiger partial charge in [-0.05, 0) is 30.5 Å². The molecule has 0 radical (unpaired) electrons. The zero-order chi connectivity index (χ0) is 21.6. The third-order valence-corrected chi connectivity index (χ3v) is 5.43. The third-order valence-electron chi connectivity index (χ3n) is 5.43. The number of nitrogens with zero attached hydrogens (tertiary/aromatic N) is 4. The van der Waals surface area contributed by atoms with E-state index in [9.17, 15) is 4.79 Å². The van der Waals surface area contributed by atoms with Gasteiger partial charge in [-0.15, -0.1) is 0 Å². The summed E-state index contributed by atoms with van der Waals surface area (Å²) in [4.78, 5) is 21.5. The van der Waals surface area contributed by atoms with Crippen LogP contribution in [0.5, 0.6) is 5.75 Å². The number of carbonyl (C=O) groups is 1. The van der Waals surface area contributed by atoms with Crippen LogP contribution in [0.1, 0.15) is 57.3 Å². The largest absolute Gasteiger partial charge is 0.497 e. The van der Waals surface area contributed by atoms with Crippen LogP contribution >= 0.6 is 0 Å². The highest BCUT2D eigenvalue weighted by Crippen LogP contribution is 2.19. The van der Waals surface area contributed by atoms with Crippen molar-refractivity contribution in [1.82, 2.24) is 19.9 Å². The molecule has 1 saturated heterocycles. The van der Waals surface area contributed by atoms with Crippen molar-refractivity contribution in [3.05, 3.63) is 41.5 Å². The minimum atomic E-state index is -0.124. The lowest BCUT2D eigenvalue weighted by molar-refractivity contribution is -0.131. The summed E-state index contributed by atoms with van der Waals surface area (Å²) in [6, 6.07) is 8.21. The molecule has 1 aliphatic heterocycles. The summed E-state index contributed by atoms with van der Waals surface area (Å²) in [5, 5.41) is 4.05. The van der Waals surface area contributed by atoms with Crippen LogP contribution in [0, 0.1) is 0 Å². The van der Waals surface area contributed by atoms with Gasteiger partial charge >= 0.3 is 0 Å². The maximum Gasteiger partial charge on any atom is 0.226 e. The lowest BCUT2D eigenvalue weighted by Crippen LogP contribution is -2.35. The zero-order valence-corrected chi connectivity index (χ0v) is 18.7. The van der Waals surface area contributed by atoms with Gasteiger partial charge in [0.05, 0.1) is 7.11 Å². The second-order valence-corrected chi connectivity index (χ2v) is 8.97. The molecular weight excluding hydrogens is 380 g/mol. The highest BCUT2D eigenvalue weighted by Gasteiger charge is 2.22. The van der Waals surface area contributed by atoms with Crippen molar-refractivity contribution in [3.8, 4) is 5.75 Å². The van der Waals surface area contributed by atoms with Crippen molar-refractivity contribution in [1.29, 1.82) is 0 Å². The van der Waals surface area contributed by atoms with Crippen molar-refractivity contribution >= 4 is 5.91 Å². The molecule has 1 amide bonds. The number of benzene rings is 1. The number of carbonyl (C=O) groups excluding carboxylic acids is 1. The minimum Gasteiger partial charge on any atom is -0.497 e. The molecule has 7 heteroatoms. The van der Waals surface area contributed by atoms with Crippen LogP contribution in [0.25, 0.3) is 0 Å². The maximum atomic E-state index is 12.7. The van der Waals surface area contributed by atoms with Gasteiger partial charge in [0, 0.05) is 51.0 Å². The summed E-state index contributed by atoms with van der Waals surface area (Å²) in [6.45, 7) is 10.6. The molecule has 0 unspecified atom stereocenters. The molecule has 2 aromatic rings. The Kier molecular flexibility index (Phi) is 7.48. The average molecular weight is 415 g/mol. The van der Waals surface area contributed by atoms with E-state index in [-0.39, 0.29) is 11.3 Å². The highest BCUT2D eigenvalue weighted by atomic mass is 16.5.